The van der Waals surface area contributed by atoms with Crippen LogP contribution in [0, 0.1) is 0 Å². The highest BCUT2D eigenvalue weighted by Gasteiger charge is 2.54. The number of para-hydroxylation sites is 1. The van der Waals surface area contributed by atoms with E-state index in [4.69, 9.17) is 9.47 Å². The summed E-state index contributed by atoms with van der Waals surface area (Å²) in [5.74, 6) is -0.0828. The summed E-state index contributed by atoms with van der Waals surface area (Å²) in [6.07, 6.45) is 0. The SMILES string of the molecule is CC1=C(C(=O)OCc2ccccc2)N2C(=O)[C@@H](NC(=O)COc3ccccc3)[C@@H]2SC1. The summed E-state index contributed by atoms with van der Waals surface area (Å²) in [5, 5.41) is 2.38. The summed E-state index contributed by atoms with van der Waals surface area (Å²) in [4.78, 5) is 39.2. The van der Waals surface area contributed by atoms with Gasteiger partial charge in [-0.05, 0) is 30.2 Å². The molecule has 7 nitrogen and oxygen atoms in total. The average molecular weight is 439 g/mol. The van der Waals surface area contributed by atoms with Gasteiger partial charge in [-0.1, -0.05) is 48.5 Å². The quantitative estimate of drug-likeness (QED) is 0.528. The zero-order valence-corrected chi connectivity index (χ0v) is 17.8. The Balaban J connectivity index is 1.35. The monoisotopic (exact) mass is 438 g/mol. The van der Waals surface area contributed by atoms with Crippen molar-refractivity contribution in [1.82, 2.24) is 10.2 Å². The van der Waals surface area contributed by atoms with Crippen molar-refractivity contribution < 1.29 is 23.9 Å². The van der Waals surface area contributed by atoms with Crippen LogP contribution in [0.15, 0.2) is 71.9 Å². The number of amides is 2. The van der Waals surface area contributed by atoms with Crippen molar-refractivity contribution in [2.24, 2.45) is 0 Å². The number of benzene rings is 2. The normalized spacial score (nSPS) is 19.9. The minimum atomic E-state index is -0.693. The second kappa shape index (κ2) is 9.26. The number of rotatable bonds is 7. The molecule has 2 aromatic rings. The van der Waals surface area contributed by atoms with Gasteiger partial charge in [0.1, 0.15) is 29.5 Å². The number of esters is 1. The molecule has 31 heavy (non-hydrogen) atoms. The molecule has 0 unspecified atom stereocenters. The maximum Gasteiger partial charge on any atom is 0.355 e. The molecule has 2 aliphatic rings. The first-order valence-corrected chi connectivity index (χ1v) is 10.9. The molecule has 2 amide bonds. The van der Waals surface area contributed by atoms with Gasteiger partial charge in [0.25, 0.3) is 11.8 Å². The molecule has 0 saturated carbocycles. The van der Waals surface area contributed by atoms with Gasteiger partial charge in [0.05, 0.1) is 0 Å². The third-order valence-corrected chi connectivity index (χ3v) is 6.42. The molecule has 4 rings (SSSR count). The molecule has 0 aromatic heterocycles. The number of hydrogen-bond acceptors (Lipinski definition) is 6. The number of nitrogens with one attached hydrogen (secondary N) is 1. The van der Waals surface area contributed by atoms with Crippen molar-refractivity contribution in [2.45, 2.75) is 24.9 Å². The van der Waals surface area contributed by atoms with E-state index in [1.165, 1.54) is 16.7 Å². The fourth-order valence-electron chi connectivity index (χ4n) is 3.43. The van der Waals surface area contributed by atoms with E-state index in [-0.39, 0.29) is 36.1 Å². The Labute approximate surface area is 184 Å². The van der Waals surface area contributed by atoms with Gasteiger partial charge in [-0.25, -0.2) is 4.79 Å². The molecule has 0 bridgehead atoms. The summed E-state index contributed by atoms with van der Waals surface area (Å²) < 4.78 is 10.9. The van der Waals surface area contributed by atoms with Crippen molar-refractivity contribution >= 4 is 29.5 Å². The summed E-state index contributed by atoms with van der Waals surface area (Å²) in [6.45, 7) is 1.76. The van der Waals surface area contributed by atoms with E-state index >= 15 is 0 Å². The van der Waals surface area contributed by atoms with Gasteiger partial charge >= 0.3 is 5.97 Å². The molecule has 160 valence electrons. The Morgan fingerprint density at radius 3 is 2.48 bits per heavy atom. The van der Waals surface area contributed by atoms with E-state index < -0.39 is 12.0 Å². The molecule has 0 radical (unpaired) electrons. The molecule has 1 saturated heterocycles. The number of fused-ring (bicyclic) bond motifs is 1. The number of hydrogen-bond donors (Lipinski definition) is 1. The first-order chi connectivity index (χ1) is 15.0. The lowest BCUT2D eigenvalue weighted by molar-refractivity contribution is -0.153. The predicted octanol–water partition coefficient (Wildman–Crippen LogP) is 2.48. The molecule has 0 aliphatic carbocycles. The minimum Gasteiger partial charge on any atom is -0.484 e. The van der Waals surface area contributed by atoms with Crippen LogP contribution in [0.25, 0.3) is 0 Å². The van der Waals surface area contributed by atoms with Crippen molar-refractivity contribution in [3.63, 3.8) is 0 Å². The highest BCUT2D eigenvalue weighted by atomic mass is 32.2. The molecule has 0 spiro atoms. The van der Waals surface area contributed by atoms with Gasteiger partial charge in [0.2, 0.25) is 0 Å². The Morgan fingerprint density at radius 1 is 1.10 bits per heavy atom. The largest absolute Gasteiger partial charge is 0.484 e. The standard InChI is InChI=1S/C23H22N2O5S/c1-15-14-31-22-19(24-18(26)13-29-17-10-6-3-7-11-17)21(27)25(22)20(15)23(28)30-12-16-8-4-2-5-9-16/h2-11,19,22H,12-14H2,1H3,(H,24,26)/t19-,22+/m1/s1. The van der Waals surface area contributed by atoms with E-state index in [1.54, 1.807) is 12.1 Å². The van der Waals surface area contributed by atoms with E-state index in [0.717, 1.165) is 11.1 Å². The second-order valence-corrected chi connectivity index (χ2v) is 8.35. The van der Waals surface area contributed by atoms with Crippen LogP contribution in [0.2, 0.25) is 0 Å². The Hall–Kier alpha value is -3.26. The smallest absolute Gasteiger partial charge is 0.355 e. The Morgan fingerprint density at radius 2 is 1.77 bits per heavy atom. The highest BCUT2D eigenvalue weighted by molar-refractivity contribution is 8.00. The van der Waals surface area contributed by atoms with Gasteiger partial charge in [-0.2, -0.15) is 0 Å². The predicted molar refractivity (Wildman–Crippen MR) is 116 cm³/mol. The summed E-state index contributed by atoms with van der Waals surface area (Å²) >= 11 is 1.51. The van der Waals surface area contributed by atoms with E-state index in [2.05, 4.69) is 5.32 Å². The lowest BCUT2D eigenvalue weighted by Gasteiger charge is -2.49. The molecule has 1 fully saturated rings. The van der Waals surface area contributed by atoms with Crippen LogP contribution in [0.5, 0.6) is 5.75 Å². The van der Waals surface area contributed by atoms with Gasteiger partial charge in [-0.3, -0.25) is 14.5 Å². The second-order valence-electron chi connectivity index (χ2n) is 7.25. The molecule has 8 heteroatoms. The first-order valence-electron chi connectivity index (χ1n) is 9.87. The highest BCUT2D eigenvalue weighted by Crippen LogP contribution is 2.40. The minimum absolute atomic E-state index is 0.132. The zero-order valence-electron chi connectivity index (χ0n) is 16.9. The van der Waals surface area contributed by atoms with Crippen molar-refractivity contribution in [2.75, 3.05) is 12.4 Å². The maximum atomic E-state index is 12.8. The number of nitrogens with zero attached hydrogens (tertiary/aromatic N) is 1. The lowest BCUT2D eigenvalue weighted by atomic mass is 10.0. The fraction of sp³-hybridized carbons (Fsp3) is 0.261. The third kappa shape index (κ3) is 4.59. The van der Waals surface area contributed by atoms with E-state index in [0.29, 0.717) is 11.5 Å². The van der Waals surface area contributed by atoms with Crippen LogP contribution in [-0.2, 0) is 25.7 Å². The number of carbonyl (C=O) groups is 3. The third-order valence-electron chi connectivity index (χ3n) is 4.99. The van der Waals surface area contributed by atoms with E-state index in [1.807, 2.05) is 55.5 Å². The Bertz CT molecular complexity index is 1010. The number of β-lactam (4-membered cyclic amide) rings is 1. The van der Waals surface area contributed by atoms with Crippen molar-refractivity contribution in [3.05, 3.63) is 77.5 Å². The number of ether oxygens (including phenoxy) is 2. The summed E-state index contributed by atoms with van der Waals surface area (Å²) in [7, 11) is 0. The summed E-state index contributed by atoms with van der Waals surface area (Å²) in [6, 6.07) is 17.6. The van der Waals surface area contributed by atoms with Crippen LogP contribution in [-0.4, -0.2) is 46.5 Å². The number of carbonyl (C=O) groups excluding carboxylic acids is 3. The van der Waals surface area contributed by atoms with Crippen LogP contribution in [0.3, 0.4) is 0 Å². The molecule has 2 atom stereocenters. The molecular weight excluding hydrogens is 416 g/mol. The number of thioether (sulfide) groups is 1. The molecule has 2 heterocycles. The van der Waals surface area contributed by atoms with Gasteiger partial charge in [0.15, 0.2) is 6.61 Å². The van der Waals surface area contributed by atoms with Crippen molar-refractivity contribution in [3.8, 4) is 5.75 Å². The van der Waals surface area contributed by atoms with Crippen LogP contribution in [0.1, 0.15) is 12.5 Å². The van der Waals surface area contributed by atoms with Crippen LogP contribution in [0.4, 0.5) is 0 Å². The molecular formula is C23H22N2O5S. The molecule has 2 aliphatic heterocycles. The van der Waals surface area contributed by atoms with Gasteiger partial charge < -0.3 is 14.8 Å². The van der Waals surface area contributed by atoms with E-state index in [9.17, 15) is 14.4 Å². The molecule has 2 aromatic carbocycles. The van der Waals surface area contributed by atoms with Crippen LogP contribution >= 0.6 is 11.8 Å². The van der Waals surface area contributed by atoms with Crippen molar-refractivity contribution in [1.29, 1.82) is 0 Å². The zero-order chi connectivity index (χ0) is 21.8. The van der Waals surface area contributed by atoms with Crippen LogP contribution < -0.4 is 10.1 Å². The molecule has 1 N–H and O–H groups in total. The topological polar surface area (TPSA) is 84.9 Å². The van der Waals surface area contributed by atoms with Gasteiger partial charge in [-0.15, -0.1) is 11.8 Å². The summed E-state index contributed by atoms with van der Waals surface area (Å²) in [5.41, 5.74) is 1.93. The first kappa shape index (κ1) is 21.0. The lowest BCUT2D eigenvalue weighted by Crippen LogP contribution is -2.70. The van der Waals surface area contributed by atoms with Gasteiger partial charge in [0, 0.05) is 5.75 Å². The maximum absolute atomic E-state index is 12.8. The fourth-order valence-corrected chi connectivity index (χ4v) is 4.73. The Kier molecular flexibility index (Phi) is 6.27. The average Bonchev–Trinajstić information content (AvgIpc) is 2.80.